The van der Waals surface area contributed by atoms with E-state index in [1.165, 1.54) is 17.8 Å². The van der Waals surface area contributed by atoms with Gasteiger partial charge in [0.1, 0.15) is 17.4 Å². The Bertz CT molecular complexity index is 1190. The van der Waals surface area contributed by atoms with Crippen LogP contribution in [0.2, 0.25) is 0 Å². The number of amides is 1. The smallest absolute Gasteiger partial charge is 0.336 e. The van der Waals surface area contributed by atoms with Crippen molar-refractivity contribution in [1.29, 1.82) is 0 Å². The van der Waals surface area contributed by atoms with E-state index in [2.05, 4.69) is 12.2 Å². The Kier molecular flexibility index (Phi) is 9.16. The maximum absolute atomic E-state index is 12.5. The number of carboxylic acids is 1. The minimum absolute atomic E-state index is 0.232. The molecule has 1 aromatic heterocycles. The number of carboxylic acid groups (broad SMARTS) is 1. The van der Waals surface area contributed by atoms with Crippen molar-refractivity contribution in [2.75, 3.05) is 12.4 Å². The fraction of sp³-hybridized carbons (Fsp3) is 0.346. The van der Waals surface area contributed by atoms with Gasteiger partial charge in [-0.2, -0.15) is 11.8 Å². The van der Waals surface area contributed by atoms with Gasteiger partial charge in [0.05, 0.1) is 5.39 Å². The Hall–Kier alpha value is -3.26. The number of hydrogen-bond donors (Lipinski definition) is 2. The minimum atomic E-state index is -1.10. The molecule has 0 fully saturated rings. The number of ether oxygens (including phenoxy) is 1. The molecular formula is C26H29NO6S. The van der Waals surface area contributed by atoms with Gasteiger partial charge in [0.25, 0.3) is 5.91 Å². The third-order valence-corrected chi connectivity index (χ3v) is 6.33. The predicted molar refractivity (Wildman–Crippen MR) is 133 cm³/mol. The number of rotatable bonds is 12. The zero-order valence-electron chi connectivity index (χ0n) is 19.3. The number of hydrogen-bond acceptors (Lipinski definition) is 6. The topological polar surface area (TPSA) is 106 Å². The monoisotopic (exact) mass is 483 g/mol. The highest BCUT2D eigenvalue weighted by atomic mass is 32.2. The van der Waals surface area contributed by atoms with Gasteiger partial charge in [-0.05, 0) is 48.6 Å². The highest BCUT2D eigenvalue weighted by molar-refractivity contribution is 7.98. The number of thioether (sulfide) groups is 1. The van der Waals surface area contributed by atoms with E-state index in [9.17, 15) is 19.5 Å². The Labute approximate surface area is 202 Å². The van der Waals surface area contributed by atoms with Gasteiger partial charge >= 0.3 is 11.6 Å². The van der Waals surface area contributed by atoms with Gasteiger partial charge in [-0.15, -0.1) is 0 Å². The molecule has 0 saturated heterocycles. The summed E-state index contributed by atoms with van der Waals surface area (Å²) in [6, 6.07) is 13.7. The molecule has 3 aromatic rings. The van der Waals surface area contributed by atoms with Crippen LogP contribution >= 0.6 is 11.8 Å². The summed E-state index contributed by atoms with van der Waals surface area (Å²) < 4.78 is 11.2. The van der Waals surface area contributed by atoms with Crippen molar-refractivity contribution in [3.63, 3.8) is 0 Å². The molecule has 3 rings (SSSR count). The van der Waals surface area contributed by atoms with E-state index in [-0.39, 0.29) is 12.4 Å². The predicted octanol–water partition coefficient (Wildman–Crippen LogP) is 4.33. The van der Waals surface area contributed by atoms with Crippen LogP contribution in [-0.2, 0) is 21.8 Å². The number of benzene rings is 2. The number of carbonyl (C=O) groups is 2. The van der Waals surface area contributed by atoms with E-state index in [1.54, 1.807) is 12.1 Å². The third-order valence-electron chi connectivity index (χ3n) is 5.22. The summed E-state index contributed by atoms with van der Waals surface area (Å²) in [6.45, 7) is 3.56. The van der Waals surface area contributed by atoms with Crippen molar-refractivity contribution in [3.05, 3.63) is 75.6 Å². The summed E-state index contributed by atoms with van der Waals surface area (Å²) in [6.07, 6.45) is 2.54. The van der Waals surface area contributed by atoms with E-state index >= 15 is 0 Å². The van der Waals surface area contributed by atoms with Crippen molar-refractivity contribution in [2.24, 2.45) is 0 Å². The lowest BCUT2D eigenvalue weighted by molar-refractivity contribution is -0.141. The quantitative estimate of drug-likeness (QED) is 0.370. The maximum atomic E-state index is 12.5. The molecule has 1 heterocycles. The lowest BCUT2D eigenvalue weighted by atomic mass is 10.0. The number of carbonyl (C=O) groups excluding carboxylic acids is 1. The van der Waals surface area contributed by atoms with E-state index in [0.29, 0.717) is 28.9 Å². The van der Waals surface area contributed by atoms with Gasteiger partial charge in [-0.25, -0.2) is 9.59 Å². The fourth-order valence-electron chi connectivity index (χ4n) is 3.57. The standard InChI is InChI=1S/C26H29NO6S/c1-3-4-10-19-13-24(29)33-22-12-17(2)11-21(25(19)22)32-14-23(28)27-20(26(30)31)16-34-15-18-8-6-5-7-9-18/h5-9,11-13,20H,3-4,10,14-16H2,1-2H3,(H,27,28)(H,30,31). The second-order valence-electron chi connectivity index (χ2n) is 8.08. The van der Waals surface area contributed by atoms with Crippen LogP contribution in [0.25, 0.3) is 11.0 Å². The lowest BCUT2D eigenvalue weighted by Crippen LogP contribution is -2.44. The van der Waals surface area contributed by atoms with Crippen LogP contribution in [0.15, 0.2) is 57.7 Å². The SMILES string of the molecule is CCCCc1cc(=O)oc2cc(C)cc(OCC(=O)NC(CSCc3ccccc3)C(=O)O)c12. The molecule has 34 heavy (non-hydrogen) atoms. The second-order valence-corrected chi connectivity index (χ2v) is 9.11. The molecule has 0 aliphatic carbocycles. The Balaban J connectivity index is 1.67. The highest BCUT2D eigenvalue weighted by Gasteiger charge is 2.21. The number of aryl methyl sites for hydroxylation is 2. The zero-order chi connectivity index (χ0) is 24.5. The molecule has 180 valence electrons. The van der Waals surface area contributed by atoms with Gasteiger partial charge in [0.2, 0.25) is 0 Å². The zero-order valence-corrected chi connectivity index (χ0v) is 20.2. The van der Waals surface area contributed by atoms with Crippen molar-refractivity contribution >= 4 is 34.6 Å². The van der Waals surface area contributed by atoms with E-state index in [0.717, 1.165) is 29.5 Å². The summed E-state index contributed by atoms with van der Waals surface area (Å²) in [5.41, 5.74) is 2.70. The average molecular weight is 484 g/mol. The largest absolute Gasteiger partial charge is 0.483 e. The van der Waals surface area contributed by atoms with Crippen LogP contribution in [0.5, 0.6) is 5.75 Å². The first kappa shape index (κ1) is 25.4. The van der Waals surface area contributed by atoms with E-state index in [1.807, 2.05) is 37.3 Å². The van der Waals surface area contributed by atoms with Gasteiger partial charge in [0, 0.05) is 17.6 Å². The molecule has 0 spiro atoms. The van der Waals surface area contributed by atoms with Crippen molar-refractivity contribution in [2.45, 2.75) is 44.9 Å². The molecule has 1 unspecified atom stereocenters. The lowest BCUT2D eigenvalue weighted by Gasteiger charge is -2.16. The van der Waals surface area contributed by atoms with Crippen LogP contribution in [0.4, 0.5) is 0 Å². The van der Waals surface area contributed by atoms with Crippen LogP contribution in [0.3, 0.4) is 0 Å². The van der Waals surface area contributed by atoms with Crippen molar-refractivity contribution < 1.29 is 23.8 Å². The maximum Gasteiger partial charge on any atom is 0.336 e. The average Bonchev–Trinajstić information content (AvgIpc) is 2.80. The number of fused-ring (bicyclic) bond motifs is 1. The van der Waals surface area contributed by atoms with Crippen LogP contribution < -0.4 is 15.7 Å². The molecule has 1 amide bonds. The molecule has 0 aliphatic rings. The van der Waals surface area contributed by atoms with Crippen molar-refractivity contribution in [1.82, 2.24) is 5.32 Å². The van der Waals surface area contributed by atoms with Crippen LogP contribution in [0, 0.1) is 6.92 Å². The first-order valence-corrected chi connectivity index (χ1v) is 12.4. The summed E-state index contributed by atoms with van der Waals surface area (Å²) >= 11 is 1.44. The third kappa shape index (κ3) is 7.12. The van der Waals surface area contributed by atoms with Crippen molar-refractivity contribution in [3.8, 4) is 5.75 Å². The van der Waals surface area contributed by atoms with Gasteiger partial charge in [-0.1, -0.05) is 43.7 Å². The van der Waals surface area contributed by atoms with E-state index in [4.69, 9.17) is 9.15 Å². The second kappa shape index (κ2) is 12.3. The van der Waals surface area contributed by atoms with Gasteiger partial charge in [0.15, 0.2) is 6.61 Å². The molecule has 8 heteroatoms. The van der Waals surface area contributed by atoms with Gasteiger partial charge < -0.3 is 19.6 Å². The normalized spacial score (nSPS) is 11.8. The fourth-order valence-corrected chi connectivity index (χ4v) is 4.58. The molecule has 2 aromatic carbocycles. The Morgan fingerprint density at radius 3 is 2.65 bits per heavy atom. The first-order chi connectivity index (χ1) is 16.4. The van der Waals surface area contributed by atoms with Crippen LogP contribution in [-0.4, -0.2) is 35.4 Å². The molecular weight excluding hydrogens is 454 g/mol. The molecule has 0 aliphatic heterocycles. The first-order valence-electron chi connectivity index (χ1n) is 11.2. The highest BCUT2D eigenvalue weighted by Crippen LogP contribution is 2.30. The van der Waals surface area contributed by atoms with Crippen LogP contribution in [0.1, 0.15) is 36.5 Å². The minimum Gasteiger partial charge on any atom is -0.483 e. The molecule has 0 radical (unpaired) electrons. The number of unbranched alkanes of at least 4 members (excludes halogenated alkanes) is 1. The molecule has 1 atom stereocenters. The summed E-state index contributed by atoms with van der Waals surface area (Å²) in [5.74, 6) is -0.313. The Morgan fingerprint density at radius 2 is 1.94 bits per heavy atom. The van der Waals surface area contributed by atoms with Gasteiger partial charge in [-0.3, -0.25) is 4.79 Å². The molecule has 0 bridgehead atoms. The van der Waals surface area contributed by atoms with E-state index < -0.39 is 23.5 Å². The summed E-state index contributed by atoms with van der Waals surface area (Å²) in [5, 5.41) is 12.7. The molecule has 0 saturated carbocycles. The molecule has 7 nitrogen and oxygen atoms in total. The Morgan fingerprint density at radius 1 is 1.18 bits per heavy atom. The number of aliphatic carboxylic acids is 1. The number of nitrogens with one attached hydrogen (secondary N) is 1. The summed E-state index contributed by atoms with van der Waals surface area (Å²) in [7, 11) is 0. The summed E-state index contributed by atoms with van der Waals surface area (Å²) in [4.78, 5) is 36.1. The molecule has 2 N–H and O–H groups in total.